The van der Waals surface area contributed by atoms with Crippen LogP contribution in [0.5, 0.6) is 0 Å². The van der Waals surface area contributed by atoms with Crippen LogP contribution in [0.3, 0.4) is 0 Å². The second-order valence-electron chi connectivity index (χ2n) is 3.12. The summed E-state index contributed by atoms with van der Waals surface area (Å²) in [6.45, 7) is 4.28. The fourth-order valence-electron chi connectivity index (χ4n) is 1.12. The van der Waals surface area contributed by atoms with Crippen LogP contribution in [0, 0.1) is 0 Å². The van der Waals surface area contributed by atoms with Crippen molar-refractivity contribution in [1.29, 1.82) is 0 Å². The highest BCUT2D eigenvalue weighted by Gasteiger charge is 2.12. The van der Waals surface area contributed by atoms with E-state index in [2.05, 4.69) is 15.6 Å². The Morgan fingerprint density at radius 2 is 2.40 bits per heavy atom. The van der Waals surface area contributed by atoms with Crippen molar-refractivity contribution in [2.45, 2.75) is 19.9 Å². The molecule has 0 aliphatic carbocycles. The van der Waals surface area contributed by atoms with E-state index in [9.17, 15) is 4.79 Å². The molecule has 4 nitrogen and oxygen atoms in total. The summed E-state index contributed by atoms with van der Waals surface area (Å²) in [5, 5.41) is 6.24. The predicted molar refractivity (Wildman–Crippen MR) is 61.0 cm³/mol. The topological polar surface area (TPSA) is 54.0 Å². The van der Waals surface area contributed by atoms with Gasteiger partial charge in [-0.05, 0) is 19.9 Å². The van der Waals surface area contributed by atoms with Crippen LogP contribution in [0.2, 0.25) is 5.02 Å². The molecule has 1 atom stereocenters. The second-order valence-corrected chi connectivity index (χ2v) is 3.52. The lowest BCUT2D eigenvalue weighted by atomic mass is 10.3. The number of pyridine rings is 1. The zero-order valence-corrected chi connectivity index (χ0v) is 9.51. The van der Waals surface area contributed by atoms with Crippen molar-refractivity contribution in [3.63, 3.8) is 0 Å². The number of carbonyl (C=O) groups excluding carboxylic acids is 1. The summed E-state index contributed by atoms with van der Waals surface area (Å²) in [5.74, 6) is -0.0506. The Bertz CT molecular complexity index is 343. The van der Waals surface area contributed by atoms with E-state index < -0.39 is 0 Å². The highest BCUT2D eigenvalue weighted by molar-refractivity contribution is 6.33. The van der Waals surface area contributed by atoms with Gasteiger partial charge in [-0.25, -0.2) is 0 Å². The average molecular weight is 228 g/mol. The number of nitrogens with zero attached hydrogens (tertiary/aromatic N) is 1. The van der Waals surface area contributed by atoms with Crippen LogP contribution in [-0.2, 0) is 4.79 Å². The monoisotopic (exact) mass is 227 g/mol. The standard InChI is InChI=1S/C10H14ClN3O/c1-3-13-10(15)7(2)14-9-4-5-12-6-8(9)11/h4-7H,3H2,1-2H3,(H,12,14)(H,13,15). The summed E-state index contributed by atoms with van der Waals surface area (Å²) >= 11 is 5.89. The molecule has 82 valence electrons. The molecule has 0 radical (unpaired) electrons. The maximum atomic E-state index is 11.4. The molecule has 1 amide bonds. The Balaban J connectivity index is 2.62. The third-order valence-electron chi connectivity index (χ3n) is 1.89. The molecule has 0 aliphatic heterocycles. The molecule has 5 heteroatoms. The minimum Gasteiger partial charge on any atom is -0.373 e. The number of likely N-dealkylation sites (N-methyl/N-ethyl adjacent to an activating group) is 1. The largest absolute Gasteiger partial charge is 0.373 e. The van der Waals surface area contributed by atoms with Gasteiger partial charge in [-0.1, -0.05) is 11.6 Å². The number of amides is 1. The van der Waals surface area contributed by atoms with Gasteiger partial charge in [0.25, 0.3) is 0 Å². The smallest absolute Gasteiger partial charge is 0.242 e. The molecule has 0 aromatic carbocycles. The van der Waals surface area contributed by atoms with Crippen LogP contribution in [-0.4, -0.2) is 23.5 Å². The van der Waals surface area contributed by atoms with E-state index in [1.54, 1.807) is 19.2 Å². The first-order valence-electron chi connectivity index (χ1n) is 4.79. The van der Waals surface area contributed by atoms with Crippen LogP contribution < -0.4 is 10.6 Å². The van der Waals surface area contributed by atoms with E-state index in [4.69, 9.17) is 11.6 Å². The molecule has 1 aromatic heterocycles. The molecule has 0 bridgehead atoms. The number of carbonyl (C=O) groups is 1. The lowest BCUT2D eigenvalue weighted by Gasteiger charge is -2.15. The Morgan fingerprint density at radius 1 is 1.67 bits per heavy atom. The van der Waals surface area contributed by atoms with E-state index in [0.29, 0.717) is 17.3 Å². The Labute approximate surface area is 94.0 Å². The Morgan fingerprint density at radius 3 is 3.00 bits per heavy atom. The Kier molecular flexibility index (Phi) is 4.37. The van der Waals surface area contributed by atoms with Crippen molar-refractivity contribution in [3.05, 3.63) is 23.5 Å². The van der Waals surface area contributed by atoms with Gasteiger partial charge in [0.1, 0.15) is 6.04 Å². The van der Waals surface area contributed by atoms with Crippen LogP contribution in [0.15, 0.2) is 18.5 Å². The van der Waals surface area contributed by atoms with Crippen molar-refractivity contribution >= 4 is 23.2 Å². The minimum atomic E-state index is -0.315. The molecule has 1 rings (SSSR count). The predicted octanol–water partition coefficient (Wildman–Crippen LogP) is 1.67. The summed E-state index contributed by atoms with van der Waals surface area (Å²) in [6, 6.07) is 1.42. The van der Waals surface area contributed by atoms with Gasteiger partial charge < -0.3 is 10.6 Å². The molecule has 0 saturated carbocycles. The molecule has 2 N–H and O–H groups in total. The zero-order valence-electron chi connectivity index (χ0n) is 8.75. The summed E-state index contributed by atoms with van der Waals surface area (Å²) in [6.07, 6.45) is 3.16. The van der Waals surface area contributed by atoms with Gasteiger partial charge in [0, 0.05) is 18.9 Å². The number of halogens is 1. The third kappa shape index (κ3) is 3.40. The maximum Gasteiger partial charge on any atom is 0.242 e. The van der Waals surface area contributed by atoms with Crippen molar-refractivity contribution < 1.29 is 4.79 Å². The molecular formula is C10H14ClN3O. The van der Waals surface area contributed by atoms with Gasteiger partial charge in [-0.2, -0.15) is 0 Å². The van der Waals surface area contributed by atoms with Crippen LogP contribution in [0.25, 0.3) is 0 Å². The van der Waals surface area contributed by atoms with Gasteiger partial charge in [-0.15, -0.1) is 0 Å². The number of nitrogens with one attached hydrogen (secondary N) is 2. The summed E-state index contributed by atoms with van der Waals surface area (Å²) in [7, 11) is 0. The van der Waals surface area contributed by atoms with Gasteiger partial charge >= 0.3 is 0 Å². The summed E-state index contributed by atoms with van der Waals surface area (Å²) in [5.41, 5.74) is 0.713. The number of rotatable bonds is 4. The molecular weight excluding hydrogens is 214 g/mol. The third-order valence-corrected chi connectivity index (χ3v) is 2.19. The molecule has 0 fully saturated rings. The van der Waals surface area contributed by atoms with E-state index in [0.717, 1.165) is 0 Å². The molecule has 1 unspecified atom stereocenters. The number of aromatic nitrogens is 1. The fourth-order valence-corrected chi connectivity index (χ4v) is 1.29. The SMILES string of the molecule is CCNC(=O)C(C)Nc1ccncc1Cl. The van der Waals surface area contributed by atoms with Gasteiger partial charge in [-0.3, -0.25) is 9.78 Å². The second kappa shape index (κ2) is 5.56. The first kappa shape index (κ1) is 11.8. The van der Waals surface area contributed by atoms with Crippen LogP contribution in [0.1, 0.15) is 13.8 Å². The highest BCUT2D eigenvalue weighted by atomic mass is 35.5. The van der Waals surface area contributed by atoms with Crippen molar-refractivity contribution in [2.24, 2.45) is 0 Å². The number of hydrogen-bond donors (Lipinski definition) is 2. The zero-order chi connectivity index (χ0) is 11.3. The minimum absolute atomic E-state index is 0.0506. The number of hydrogen-bond acceptors (Lipinski definition) is 3. The molecule has 0 spiro atoms. The first-order valence-corrected chi connectivity index (χ1v) is 5.16. The van der Waals surface area contributed by atoms with E-state index in [1.165, 1.54) is 6.20 Å². The number of anilines is 1. The molecule has 0 saturated heterocycles. The maximum absolute atomic E-state index is 11.4. The molecule has 1 heterocycles. The average Bonchev–Trinajstić information content (AvgIpc) is 2.21. The van der Waals surface area contributed by atoms with Crippen molar-refractivity contribution in [1.82, 2.24) is 10.3 Å². The van der Waals surface area contributed by atoms with E-state index >= 15 is 0 Å². The molecule has 1 aromatic rings. The van der Waals surface area contributed by atoms with Crippen molar-refractivity contribution in [3.8, 4) is 0 Å². The van der Waals surface area contributed by atoms with E-state index in [-0.39, 0.29) is 11.9 Å². The first-order chi connectivity index (χ1) is 7.15. The Hall–Kier alpha value is -1.29. The molecule has 15 heavy (non-hydrogen) atoms. The summed E-state index contributed by atoms with van der Waals surface area (Å²) < 4.78 is 0. The van der Waals surface area contributed by atoms with Crippen LogP contribution in [0.4, 0.5) is 5.69 Å². The lowest BCUT2D eigenvalue weighted by Crippen LogP contribution is -2.37. The van der Waals surface area contributed by atoms with Gasteiger partial charge in [0.05, 0.1) is 10.7 Å². The van der Waals surface area contributed by atoms with Crippen molar-refractivity contribution in [2.75, 3.05) is 11.9 Å². The normalized spacial score (nSPS) is 11.9. The van der Waals surface area contributed by atoms with Crippen LogP contribution >= 0.6 is 11.6 Å². The van der Waals surface area contributed by atoms with E-state index in [1.807, 2.05) is 6.92 Å². The fraction of sp³-hybridized carbons (Fsp3) is 0.400. The van der Waals surface area contributed by atoms with Gasteiger partial charge in [0.15, 0.2) is 0 Å². The highest BCUT2D eigenvalue weighted by Crippen LogP contribution is 2.19. The quantitative estimate of drug-likeness (QED) is 0.823. The molecule has 0 aliphatic rings. The summed E-state index contributed by atoms with van der Waals surface area (Å²) in [4.78, 5) is 15.3. The lowest BCUT2D eigenvalue weighted by molar-refractivity contribution is -0.121. The van der Waals surface area contributed by atoms with Gasteiger partial charge in [0.2, 0.25) is 5.91 Å².